The lowest BCUT2D eigenvalue weighted by Crippen LogP contribution is -2.51. The van der Waals surface area contributed by atoms with Gasteiger partial charge in [-0.25, -0.2) is 0 Å². The number of likely N-dealkylation sites (tertiary alicyclic amines) is 1. The second-order valence-corrected chi connectivity index (χ2v) is 5.68. The molecule has 1 N–H and O–H groups in total. The van der Waals surface area contributed by atoms with Gasteiger partial charge in [-0.2, -0.15) is 0 Å². The molecule has 1 aromatic carbocycles. The van der Waals surface area contributed by atoms with E-state index in [1.807, 2.05) is 25.1 Å². The van der Waals surface area contributed by atoms with Crippen molar-refractivity contribution < 1.29 is 14.6 Å². The topological polar surface area (TPSA) is 49.8 Å². The summed E-state index contributed by atoms with van der Waals surface area (Å²) in [6.45, 7) is 3.36. The van der Waals surface area contributed by atoms with E-state index in [9.17, 15) is 9.90 Å². The van der Waals surface area contributed by atoms with E-state index in [0.717, 1.165) is 31.6 Å². The fourth-order valence-electron chi connectivity index (χ4n) is 3.16. The summed E-state index contributed by atoms with van der Waals surface area (Å²) in [7, 11) is 0. The zero-order chi connectivity index (χ0) is 13.5. The molecule has 4 nitrogen and oxygen atoms in total. The number of hydrogen-bond donors (Lipinski definition) is 1. The predicted molar refractivity (Wildman–Crippen MR) is 71.4 cm³/mol. The second-order valence-electron chi connectivity index (χ2n) is 5.68. The lowest BCUT2D eigenvalue weighted by Gasteiger charge is -2.32. The number of hydrogen-bond acceptors (Lipinski definition) is 3. The van der Waals surface area contributed by atoms with Gasteiger partial charge < -0.3 is 9.84 Å². The summed E-state index contributed by atoms with van der Waals surface area (Å²) >= 11 is 0. The second kappa shape index (κ2) is 4.53. The van der Waals surface area contributed by atoms with Crippen LogP contribution in [-0.2, 0) is 11.2 Å². The number of ether oxygens (including phenoxy) is 1. The summed E-state index contributed by atoms with van der Waals surface area (Å²) < 4.78 is 5.91. The van der Waals surface area contributed by atoms with Crippen molar-refractivity contribution in [1.82, 2.24) is 4.90 Å². The molecule has 0 bridgehead atoms. The molecule has 2 unspecified atom stereocenters. The number of nitrogens with zero attached hydrogens (tertiary/aromatic N) is 1. The first-order valence-electron chi connectivity index (χ1n) is 6.82. The van der Waals surface area contributed by atoms with E-state index in [0.29, 0.717) is 6.54 Å². The number of benzene rings is 1. The first-order valence-corrected chi connectivity index (χ1v) is 6.82. The minimum atomic E-state index is -0.724. The molecule has 1 fully saturated rings. The number of para-hydroxylation sites is 1. The molecule has 0 spiro atoms. The lowest BCUT2D eigenvalue weighted by molar-refractivity contribution is -0.149. The van der Waals surface area contributed by atoms with Crippen LogP contribution in [0.3, 0.4) is 0 Å². The van der Waals surface area contributed by atoms with Crippen LogP contribution >= 0.6 is 0 Å². The van der Waals surface area contributed by atoms with Gasteiger partial charge in [0.25, 0.3) is 0 Å². The smallest absolute Gasteiger partial charge is 0.323 e. The van der Waals surface area contributed by atoms with E-state index in [-0.39, 0.29) is 6.10 Å². The summed E-state index contributed by atoms with van der Waals surface area (Å²) in [5.41, 5.74) is 0.502. The van der Waals surface area contributed by atoms with Gasteiger partial charge in [0.1, 0.15) is 17.4 Å². The van der Waals surface area contributed by atoms with Gasteiger partial charge in [0.2, 0.25) is 0 Å². The van der Waals surface area contributed by atoms with Crippen LogP contribution in [-0.4, -0.2) is 40.7 Å². The Morgan fingerprint density at radius 3 is 3.05 bits per heavy atom. The number of aliphatic carboxylic acids is 1. The van der Waals surface area contributed by atoms with E-state index in [1.165, 1.54) is 5.56 Å². The Bertz CT molecular complexity index is 477. The fraction of sp³-hybridized carbons (Fsp3) is 0.533. The molecule has 1 aromatic rings. The molecule has 1 saturated heterocycles. The van der Waals surface area contributed by atoms with Crippen molar-refractivity contribution in [1.29, 1.82) is 0 Å². The van der Waals surface area contributed by atoms with Gasteiger partial charge in [0.15, 0.2) is 0 Å². The molecule has 19 heavy (non-hydrogen) atoms. The summed E-state index contributed by atoms with van der Waals surface area (Å²) in [6, 6.07) is 8.05. The lowest BCUT2D eigenvalue weighted by atomic mass is 9.98. The third kappa shape index (κ3) is 2.10. The quantitative estimate of drug-likeness (QED) is 0.903. The van der Waals surface area contributed by atoms with E-state index >= 15 is 0 Å². The molecule has 0 aliphatic carbocycles. The normalized spacial score (nSPS) is 30.1. The number of carbonyl (C=O) groups is 1. The Labute approximate surface area is 113 Å². The molecule has 0 saturated carbocycles. The van der Waals surface area contributed by atoms with E-state index in [4.69, 9.17) is 4.74 Å². The van der Waals surface area contributed by atoms with Gasteiger partial charge in [-0.3, -0.25) is 9.69 Å². The molecule has 0 radical (unpaired) electrons. The molecule has 2 atom stereocenters. The fourth-order valence-corrected chi connectivity index (χ4v) is 3.16. The zero-order valence-electron chi connectivity index (χ0n) is 11.1. The highest BCUT2D eigenvalue weighted by atomic mass is 16.5. The van der Waals surface area contributed by atoms with Gasteiger partial charge in [-0.05, 0) is 37.9 Å². The molecule has 102 valence electrons. The average molecular weight is 261 g/mol. The number of fused-ring (bicyclic) bond motifs is 1. The molecular formula is C15H19NO3. The maximum absolute atomic E-state index is 11.4. The van der Waals surface area contributed by atoms with Crippen LogP contribution in [0.2, 0.25) is 0 Å². The van der Waals surface area contributed by atoms with Crippen LogP contribution in [0, 0.1) is 0 Å². The van der Waals surface area contributed by atoms with E-state index in [1.54, 1.807) is 0 Å². The number of carboxylic acids is 1. The van der Waals surface area contributed by atoms with Crippen molar-refractivity contribution >= 4 is 5.97 Å². The number of carboxylic acid groups (broad SMARTS) is 1. The summed E-state index contributed by atoms with van der Waals surface area (Å²) in [4.78, 5) is 13.5. The molecule has 3 rings (SSSR count). The SMILES string of the molecule is CC1(C(=O)O)CCCN1CC1Cc2ccccc2O1. The zero-order valence-corrected chi connectivity index (χ0v) is 11.1. The highest BCUT2D eigenvalue weighted by molar-refractivity contribution is 5.78. The van der Waals surface area contributed by atoms with E-state index in [2.05, 4.69) is 11.0 Å². The third-order valence-corrected chi connectivity index (χ3v) is 4.39. The molecule has 0 aromatic heterocycles. The molecule has 2 aliphatic heterocycles. The molecule has 2 aliphatic rings. The third-order valence-electron chi connectivity index (χ3n) is 4.39. The van der Waals surface area contributed by atoms with Crippen molar-refractivity contribution in [3.63, 3.8) is 0 Å². The van der Waals surface area contributed by atoms with Crippen LogP contribution in [0.1, 0.15) is 25.3 Å². The first kappa shape index (κ1) is 12.5. The molecule has 2 heterocycles. The Hall–Kier alpha value is -1.55. The van der Waals surface area contributed by atoms with Crippen molar-refractivity contribution in [3.05, 3.63) is 29.8 Å². The van der Waals surface area contributed by atoms with Crippen LogP contribution in [0.15, 0.2) is 24.3 Å². The maximum atomic E-state index is 11.4. The van der Waals surface area contributed by atoms with Crippen molar-refractivity contribution in [2.24, 2.45) is 0 Å². The van der Waals surface area contributed by atoms with Crippen LogP contribution in [0.4, 0.5) is 0 Å². The highest BCUT2D eigenvalue weighted by Crippen LogP contribution is 2.33. The Balaban J connectivity index is 1.69. The minimum absolute atomic E-state index is 0.0779. The Morgan fingerprint density at radius 2 is 2.32 bits per heavy atom. The van der Waals surface area contributed by atoms with Gasteiger partial charge in [-0.15, -0.1) is 0 Å². The van der Waals surface area contributed by atoms with Gasteiger partial charge in [0, 0.05) is 13.0 Å². The van der Waals surface area contributed by atoms with Crippen molar-refractivity contribution in [2.75, 3.05) is 13.1 Å². The Kier molecular flexibility index (Phi) is 2.97. The number of rotatable bonds is 3. The van der Waals surface area contributed by atoms with Crippen molar-refractivity contribution in [2.45, 2.75) is 37.8 Å². The first-order chi connectivity index (χ1) is 9.09. The maximum Gasteiger partial charge on any atom is 0.323 e. The minimum Gasteiger partial charge on any atom is -0.488 e. The van der Waals surface area contributed by atoms with Crippen molar-refractivity contribution in [3.8, 4) is 5.75 Å². The monoisotopic (exact) mass is 261 g/mol. The average Bonchev–Trinajstić information content (AvgIpc) is 2.94. The summed E-state index contributed by atoms with van der Waals surface area (Å²) in [5.74, 6) is 0.226. The summed E-state index contributed by atoms with van der Waals surface area (Å²) in [6.07, 6.45) is 2.63. The van der Waals surface area contributed by atoms with Gasteiger partial charge in [0.05, 0.1) is 0 Å². The standard InChI is InChI=1S/C15H19NO3/c1-15(14(17)18)7-4-8-16(15)10-12-9-11-5-2-3-6-13(11)19-12/h2-3,5-6,12H,4,7-10H2,1H3,(H,17,18). The highest BCUT2D eigenvalue weighted by Gasteiger charge is 2.44. The predicted octanol–water partition coefficient (Wildman–Crippen LogP) is 1.93. The molecule has 4 heteroatoms. The molecule has 0 amide bonds. The van der Waals surface area contributed by atoms with Crippen LogP contribution < -0.4 is 4.74 Å². The van der Waals surface area contributed by atoms with Crippen LogP contribution in [0.5, 0.6) is 5.75 Å². The van der Waals surface area contributed by atoms with Gasteiger partial charge in [-0.1, -0.05) is 18.2 Å². The summed E-state index contributed by atoms with van der Waals surface area (Å²) in [5, 5.41) is 9.41. The van der Waals surface area contributed by atoms with Crippen LogP contribution in [0.25, 0.3) is 0 Å². The largest absolute Gasteiger partial charge is 0.488 e. The molecular weight excluding hydrogens is 242 g/mol. The Morgan fingerprint density at radius 1 is 1.53 bits per heavy atom. The van der Waals surface area contributed by atoms with Gasteiger partial charge >= 0.3 is 5.97 Å². The van der Waals surface area contributed by atoms with E-state index < -0.39 is 11.5 Å².